The molecule has 1 aliphatic carbocycles. The van der Waals surface area contributed by atoms with Gasteiger partial charge in [0.1, 0.15) is 6.33 Å². The van der Waals surface area contributed by atoms with Crippen molar-refractivity contribution in [3.8, 4) is 11.4 Å². The molecule has 26 heavy (non-hydrogen) atoms. The molecule has 0 unspecified atom stereocenters. The van der Waals surface area contributed by atoms with Crippen LogP contribution in [0.25, 0.3) is 11.4 Å². The van der Waals surface area contributed by atoms with Crippen LogP contribution in [0.3, 0.4) is 0 Å². The maximum atomic E-state index is 11.6. The van der Waals surface area contributed by atoms with Gasteiger partial charge in [-0.3, -0.25) is 9.89 Å². The first kappa shape index (κ1) is 17.9. The predicted molar refractivity (Wildman–Crippen MR) is 100 cm³/mol. The summed E-state index contributed by atoms with van der Waals surface area (Å²) >= 11 is 0. The lowest BCUT2D eigenvalue weighted by molar-refractivity contribution is -0.122. The van der Waals surface area contributed by atoms with E-state index in [-0.39, 0.29) is 11.8 Å². The molecule has 0 aliphatic heterocycles. The van der Waals surface area contributed by atoms with Gasteiger partial charge in [-0.1, -0.05) is 18.2 Å². The fraction of sp³-hybridized carbons (Fsp3) is 0.444. The van der Waals surface area contributed by atoms with Crippen molar-refractivity contribution in [1.29, 1.82) is 0 Å². The first-order chi connectivity index (χ1) is 12.8. The molecule has 4 N–H and O–H groups in total. The summed E-state index contributed by atoms with van der Waals surface area (Å²) in [5.41, 5.74) is 2.06. The fourth-order valence-electron chi connectivity index (χ4n) is 2.53. The summed E-state index contributed by atoms with van der Waals surface area (Å²) in [5.74, 6) is 1.89. The van der Waals surface area contributed by atoms with Crippen molar-refractivity contribution < 1.29 is 4.79 Å². The number of nitrogens with zero attached hydrogens (tertiary/aromatic N) is 3. The van der Waals surface area contributed by atoms with Crippen LogP contribution >= 0.6 is 0 Å². The average molecular weight is 355 g/mol. The van der Waals surface area contributed by atoms with Crippen molar-refractivity contribution in [2.75, 3.05) is 19.6 Å². The molecule has 0 bridgehead atoms. The summed E-state index contributed by atoms with van der Waals surface area (Å²) in [6, 6.07) is 8.04. The molecule has 138 valence electrons. The Morgan fingerprint density at radius 1 is 1.27 bits per heavy atom. The highest BCUT2D eigenvalue weighted by atomic mass is 16.2. The number of amides is 1. The Kier molecular flexibility index (Phi) is 6.19. The zero-order chi connectivity index (χ0) is 18.2. The number of guanidine groups is 1. The molecule has 1 amide bonds. The monoisotopic (exact) mass is 355 g/mol. The Bertz CT molecular complexity index is 738. The number of aromatic nitrogens is 3. The molecule has 2 aromatic rings. The molecule has 0 radical (unpaired) electrons. The normalized spacial score (nSPS) is 14.1. The summed E-state index contributed by atoms with van der Waals surface area (Å²) in [7, 11) is 0. The van der Waals surface area contributed by atoms with Gasteiger partial charge < -0.3 is 16.0 Å². The minimum Gasteiger partial charge on any atom is -0.357 e. The maximum absolute atomic E-state index is 11.6. The van der Waals surface area contributed by atoms with Crippen LogP contribution in [0.4, 0.5) is 0 Å². The SMILES string of the molecule is CCNC(=NCc1cccc(-c2ncn[nH]2)c1)NCCNC(=O)C1CC1. The molecule has 1 saturated carbocycles. The second-order valence-corrected chi connectivity index (χ2v) is 6.22. The van der Waals surface area contributed by atoms with E-state index >= 15 is 0 Å². The number of hydrogen-bond donors (Lipinski definition) is 4. The molecule has 1 fully saturated rings. The van der Waals surface area contributed by atoms with Gasteiger partial charge in [-0.2, -0.15) is 5.10 Å². The Morgan fingerprint density at radius 3 is 2.85 bits per heavy atom. The molecule has 1 aliphatic rings. The summed E-state index contributed by atoms with van der Waals surface area (Å²) < 4.78 is 0. The van der Waals surface area contributed by atoms with Gasteiger partial charge in [0.05, 0.1) is 6.54 Å². The van der Waals surface area contributed by atoms with E-state index < -0.39 is 0 Å². The van der Waals surface area contributed by atoms with Crippen molar-refractivity contribution in [2.24, 2.45) is 10.9 Å². The van der Waals surface area contributed by atoms with E-state index in [2.05, 4.69) is 36.1 Å². The van der Waals surface area contributed by atoms with Crippen LogP contribution in [-0.2, 0) is 11.3 Å². The molecule has 1 aromatic carbocycles. The third-order valence-corrected chi connectivity index (χ3v) is 4.04. The second-order valence-electron chi connectivity index (χ2n) is 6.22. The van der Waals surface area contributed by atoms with E-state index in [1.807, 2.05) is 31.2 Å². The van der Waals surface area contributed by atoms with E-state index in [9.17, 15) is 4.79 Å². The molecule has 0 atom stereocenters. The minimum atomic E-state index is 0.165. The quantitative estimate of drug-likeness (QED) is 0.322. The molecule has 0 spiro atoms. The lowest BCUT2D eigenvalue weighted by Gasteiger charge is -2.12. The van der Waals surface area contributed by atoms with Gasteiger partial charge in [-0.25, -0.2) is 9.98 Å². The molecule has 8 nitrogen and oxygen atoms in total. The van der Waals surface area contributed by atoms with Crippen molar-refractivity contribution >= 4 is 11.9 Å². The third kappa shape index (κ3) is 5.30. The van der Waals surface area contributed by atoms with E-state index in [0.717, 1.165) is 42.3 Å². The Balaban J connectivity index is 1.51. The van der Waals surface area contributed by atoms with Crippen LogP contribution < -0.4 is 16.0 Å². The van der Waals surface area contributed by atoms with Gasteiger partial charge in [0.15, 0.2) is 11.8 Å². The zero-order valence-electron chi connectivity index (χ0n) is 15.0. The average Bonchev–Trinajstić information content (AvgIpc) is 3.37. The minimum absolute atomic E-state index is 0.165. The van der Waals surface area contributed by atoms with Gasteiger partial charge in [0.25, 0.3) is 0 Å². The largest absolute Gasteiger partial charge is 0.357 e. The van der Waals surface area contributed by atoms with Crippen LogP contribution in [0.2, 0.25) is 0 Å². The number of carbonyl (C=O) groups excluding carboxylic acids is 1. The van der Waals surface area contributed by atoms with Crippen LogP contribution in [0.5, 0.6) is 0 Å². The summed E-state index contributed by atoms with van der Waals surface area (Å²) in [6.07, 6.45) is 3.54. The summed E-state index contributed by atoms with van der Waals surface area (Å²) in [5, 5.41) is 16.1. The molecule has 1 heterocycles. The highest BCUT2D eigenvalue weighted by Gasteiger charge is 2.28. The van der Waals surface area contributed by atoms with Crippen molar-refractivity contribution in [3.05, 3.63) is 36.2 Å². The number of aliphatic imine (C=N–C) groups is 1. The summed E-state index contributed by atoms with van der Waals surface area (Å²) in [6.45, 7) is 4.59. The van der Waals surface area contributed by atoms with Gasteiger partial charge in [-0.05, 0) is 31.4 Å². The number of rotatable bonds is 8. The number of carbonyl (C=O) groups is 1. The highest BCUT2D eigenvalue weighted by Crippen LogP contribution is 2.28. The van der Waals surface area contributed by atoms with Crippen LogP contribution in [0.1, 0.15) is 25.3 Å². The first-order valence-electron chi connectivity index (χ1n) is 9.01. The molecule has 3 rings (SSSR count). The number of hydrogen-bond acceptors (Lipinski definition) is 4. The predicted octanol–water partition coefficient (Wildman–Crippen LogP) is 1.05. The van der Waals surface area contributed by atoms with Crippen molar-refractivity contribution in [3.63, 3.8) is 0 Å². The lowest BCUT2D eigenvalue weighted by atomic mass is 10.1. The highest BCUT2D eigenvalue weighted by molar-refractivity contribution is 5.81. The number of aromatic amines is 1. The Labute approximate surface area is 152 Å². The Morgan fingerprint density at radius 2 is 2.12 bits per heavy atom. The zero-order valence-corrected chi connectivity index (χ0v) is 15.0. The smallest absolute Gasteiger partial charge is 0.223 e. The van der Waals surface area contributed by atoms with E-state index in [1.165, 1.54) is 6.33 Å². The van der Waals surface area contributed by atoms with Gasteiger partial charge in [-0.15, -0.1) is 0 Å². The lowest BCUT2D eigenvalue weighted by Crippen LogP contribution is -2.41. The van der Waals surface area contributed by atoms with Crippen LogP contribution in [-0.4, -0.2) is 46.7 Å². The number of nitrogens with one attached hydrogen (secondary N) is 4. The standard InChI is InChI=1S/C18H25N7O/c1-2-19-18(21-9-8-20-17(26)14-6-7-14)22-11-13-4-3-5-15(10-13)16-23-12-24-25-16/h3-5,10,12,14H,2,6-9,11H2,1H3,(H,20,26)(H2,19,21,22)(H,23,24,25). The number of benzene rings is 1. The second kappa shape index (κ2) is 8.98. The van der Waals surface area contributed by atoms with Gasteiger partial charge in [0, 0.05) is 31.1 Å². The van der Waals surface area contributed by atoms with E-state index in [0.29, 0.717) is 19.6 Å². The number of H-pyrrole nitrogens is 1. The topological polar surface area (TPSA) is 107 Å². The Hall–Kier alpha value is -2.90. The molecule has 1 aromatic heterocycles. The molecule has 8 heteroatoms. The van der Waals surface area contributed by atoms with Crippen molar-refractivity contribution in [1.82, 2.24) is 31.1 Å². The van der Waals surface area contributed by atoms with Gasteiger partial charge >= 0.3 is 0 Å². The molecular weight excluding hydrogens is 330 g/mol. The van der Waals surface area contributed by atoms with E-state index in [1.54, 1.807) is 0 Å². The third-order valence-electron chi connectivity index (χ3n) is 4.04. The molecular formula is C18H25N7O. The van der Waals surface area contributed by atoms with Crippen LogP contribution in [0.15, 0.2) is 35.6 Å². The first-order valence-corrected chi connectivity index (χ1v) is 9.01. The van der Waals surface area contributed by atoms with E-state index in [4.69, 9.17) is 0 Å². The fourth-order valence-corrected chi connectivity index (χ4v) is 2.53. The van der Waals surface area contributed by atoms with Crippen molar-refractivity contribution in [2.45, 2.75) is 26.3 Å². The maximum Gasteiger partial charge on any atom is 0.223 e. The van der Waals surface area contributed by atoms with Gasteiger partial charge in [0.2, 0.25) is 5.91 Å². The molecule has 0 saturated heterocycles. The van der Waals surface area contributed by atoms with Crippen LogP contribution in [0, 0.1) is 5.92 Å². The summed E-state index contributed by atoms with van der Waals surface area (Å²) in [4.78, 5) is 20.4.